The first kappa shape index (κ1) is 27.9. The van der Waals surface area contributed by atoms with Gasteiger partial charge in [-0.1, -0.05) is 54.6 Å². The number of hydrogen-bond acceptors (Lipinski definition) is 5. The fourth-order valence-electron chi connectivity index (χ4n) is 7.96. The highest BCUT2D eigenvalue weighted by molar-refractivity contribution is 5.50. The Kier molecular flexibility index (Phi) is 7.76. The van der Waals surface area contributed by atoms with Crippen molar-refractivity contribution in [2.24, 2.45) is 0 Å². The molecule has 0 bridgehead atoms. The predicted molar refractivity (Wildman–Crippen MR) is 165 cm³/mol. The molecular formula is C37H45NO4. The number of ether oxygens (including phenoxy) is 2. The van der Waals surface area contributed by atoms with Gasteiger partial charge in [0, 0.05) is 19.6 Å². The SMILES string of the molecule is OCC1(CN(Cc2ccccc2)CC2(CO)CCc3ccc4c(c3O2)CCCC4)CCc2ccc3c(c2O1)CCCC3. The number of rotatable bonds is 8. The Hall–Kier alpha value is -2.86. The van der Waals surface area contributed by atoms with E-state index < -0.39 is 11.2 Å². The van der Waals surface area contributed by atoms with Gasteiger partial charge in [-0.3, -0.25) is 4.90 Å². The third kappa shape index (κ3) is 5.36. The third-order valence-corrected chi connectivity index (χ3v) is 10.3. The number of nitrogens with zero attached hydrogens (tertiary/aromatic N) is 1. The molecule has 42 heavy (non-hydrogen) atoms. The highest BCUT2D eigenvalue weighted by atomic mass is 16.5. The van der Waals surface area contributed by atoms with E-state index in [1.54, 1.807) is 0 Å². The number of fused-ring (bicyclic) bond motifs is 6. The first-order valence-electron chi connectivity index (χ1n) is 16.2. The molecule has 2 N–H and O–H groups in total. The lowest BCUT2D eigenvalue weighted by Crippen LogP contribution is -2.58. The van der Waals surface area contributed by atoms with Crippen LogP contribution in [0.25, 0.3) is 0 Å². The molecule has 0 radical (unpaired) electrons. The number of hydrogen-bond donors (Lipinski definition) is 2. The molecule has 2 aliphatic heterocycles. The second-order valence-electron chi connectivity index (χ2n) is 13.3. The summed E-state index contributed by atoms with van der Waals surface area (Å²) < 4.78 is 13.9. The number of benzene rings is 3. The number of aryl methyl sites for hydroxylation is 4. The van der Waals surface area contributed by atoms with Crippen LogP contribution in [-0.4, -0.2) is 52.6 Å². The van der Waals surface area contributed by atoms with Crippen LogP contribution in [0.1, 0.15) is 77.5 Å². The zero-order valence-electron chi connectivity index (χ0n) is 24.9. The highest BCUT2D eigenvalue weighted by Gasteiger charge is 2.44. The van der Waals surface area contributed by atoms with E-state index in [9.17, 15) is 10.2 Å². The maximum Gasteiger partial charge on any atom is 0.145 e. The Morgan fingerprint density at radius 3 is 1.55 bits per heavy atom. The van der Waals surface area contributed by atoms with Crippen molar-refractivity contribution in [2.45, 2.75) is 94.8 Å². The van der Waals surface area contributed by atoms with E-state index in [1.807, 2.05) is 6.07 Å². The fraction of sp³-hybridized carbons (Fsp3) is 0.514. The van der Waals surface area contributed by atoms with Crippen LogP contribution in [0.15, 0.2) is 54.6 Å². The van der Waals surface area contributed by atoms with Crippen LogP contribution >= 0.6 is 0 Å². The summed E-state index contributed by atoms with van der Waals surface area (Å²) >= 11 is 0. The molecule has 2 aliphatic carbocycles. The van der Waals surface area contributed by atoms with Crippen molar-refractivity contribution in [3.8, 4) is 11.5 Å². The summed E-state index contributed by atoms with van der Waals surface area (Å²) in [6.45, 7) is 1.78. The van der Waals surface area contributed by atoms with Gasteiger partial charge in [0.1, 0.15) is 22.7 Å². The predicted octanol–water partition coefficient (Wildman–Crippen LogP) is 5.76. The van der Waals surface area contributed by atoms with Gasteiger partial charge in [0.25, 0.3) is 0 Å². The zero-order chi connectivity index (χ0) is 28.6. The Morgan fingerprint density at radius 2 is 1.05 bits per heavy atom. The molecule has 0 saturated heterocycles. The van der Waals surface area contributed by atoms with E-state index in [4.69, 9.17) is 9.47 Å². The van der Waals surface area contributed by atoms with Gasteiger partial charge in [0.15, 0.2) is 0 Å². The Morgan fingerprint density at radius 1 is 0.571 bits per heavy atom. The molecule has 0 spiro atoms. The van der Waals surface area contributed by atoms with Crippen LogP contribution in [0.4, 0.5) is 0 Å². The van der Waals surface area contributed by atoms with Crippen molar-refractivity contribution >= 4 is 0 Å². The molecule has 2 unspecified atom stereocenters. The van der Waals surface area contributed by atoms with E-state index in [1.165, 1.54) is 64.6 Å². The van der Waals surface area contributed by atoms with Crippen LogP contribution in [-0.2, 0) is 45.1 Å². The minimum absolute atomic E-state index is 0.0370. The zero-order valence-corrected chi connectivity index (χ0v) is 24.9. The van der Waals surface area contributed by atoms with E-state index in [-0.39, 0.29) is 13.2 Å². The highest BCUT2D eigenvalue weighted by Crippen LogP contribution is 2.43. The fourth-order valence-corrected chi connectivity index (χ4v) is 7.96. The van der Waals surface area contributed by atoms with Crippen molar-refractivity contribution in [3.63, 3.8) is 0 Å². The summed E-state index contributed by atoms with van der Waals surface area (Å²) in [5, 5.41) is 21.9. The lowest BCUT2D eigenvalue weighted by Gasteiger charge is -2.46. The van der Waals surface area contributed by atoms with Crippen LogP contribution in [0.3, 0.4) is 0 Å². The summed E-state index contributed by atoms with van der Waals surface area (Å²) in [5.74, 6) is 2.05. The molecule has 222 valence electrons. The maximum absolute atomic E-state index is 10.9. The van der Waals surface area contributed by atoms with E-state index in [0.717, 1.165) is 62.9 Å². The molecule has 0 saturated carbocycles. The van der Waals surface area contributed by atoms with E-state index in [2.05, 4.69) is 53.4 Å². The second-order valence-corrected chi connectivity index (χ2v) is 13.3. The van der Waals surface area contributed by atoms with Gasteiger partial charge in [0.05, 0.1) is 13.2 Å². The average Bonchev–Trinajstić information content (AvgIpc) is 3.05. The van der Waals surface area contributed by atoms with Crippen LogP contribution in [0, 0.1) is 0 Å². The summed E-state index contributed by atoms with van der Waals surface area (Å²) in [4.78, 5) is 2.38. The van der Waals surface area contributed by atoms with Crippen LogP contribution < -0.4 is 9.47 Å². The second kappa shape index (κ2) is 11.7. The quantitative estimate of drug-likeness (QED) is 0.363. The van der Waals surface area contributed by atoms with Crippen LogP contribution in [0.2, 0.25) is 0 Å². The minimum Gasteiger partial charge on any atom is -0.483 e. The molecular weight excluding hydrogens is 522 g/mol. The summed E-state index contributed by atoms with van der Waals surface area (Å²) in [5.41, 5.74) is 7.90. The molecule has 0 aromatic heterocycles. The van der Waals surface area contributed by atoms with Gasteiger partial charge in [0.2, 0.25) is 0 Å². The van der Waals surface area contributed by atoms with Gasteiger partial charge in [-0.2, -0.15) is 0 Å². The first-order chi connectivity index (χ1) is 20.6. The lowest BCUT2D eigenvalue weighted by molar-refractivity contribution is -0.0715. The third-order valence-electron chi connectivity index (χ3n) is 10.3. The summed E-state index contributed by atoms with van der Waals surface area (Å²) in [6.07, 6.45) is 12.5. The monoisotopic (exact) mass is 567 g/mol. The molecule has 0 fully saturated rings. The summed E-state index contributed by atoms with van der Waals surface area (Å²) in [7, 11) is 0. The lowest BCUT2D eigenvalue weighted by atomic mass is 9.83. The molecule has 2 atom stereocenters. The molecule has 3 aromatic carbocycles. The molecule has 3 aromatic rings. The van der Waals surface area contributed by atoms with Gasteiger partial charge < -0.3 is 19.7 Å². The standard InChI is InChI=1S/C37H45NO4/c39-25-36(20-18-30-16-14-28-10-4-6-12-32(28)34(30)41-36)23-38(22-27-8-2-1-3-9-27)24-37(26-40)21-19-31-17-15-29-11-5-7-13-33(29)35(31)42-37/h1-3,8-9,14-17,39-40H,4-7,10-13,18-26H2. The molecule has 7 rings (SSSR count). The van der Waals surface area contributed by atoms with Crippen molar-refractivity contribution in [3.05, 3.63) is 93.5 Å². The summed E-state index contributed by atoms with van der Waals surface area (Å²) in [6, 6.07) is 19.6. The van der Waals surface area contributed by atoms with Gasteiger partial charge >= 0.3 is 0 Å². The average molecular weight is 568 g/mol. The largest absolute Gasteiger partial charge is 0.483 e. The van der Waals surface area contributed by atoms with Crippen molar-refractivity contribution in [1.82, 2.24) is 4.90 Å². The van der Waals surface area contributed by atoms with Crippen molar-refractivity contribution < 1.29 is 19.7 Å². The van der Waals surface area contributed by atoms with Gasteiger partial charge in [-0.15, -0.1) is 0 Å². The number of aliphatic hydroxyl groups is 2. The molecule has 4 aliphatic rings. The molecule has 5 nitrogen and oxygen atoms in total. The smallest absolute Gasteiger partial charge is 0.145 e. The van der Waals surface area contributed by atoms with Crippen molar-refractivity contribution in [2.75, 3.05) is 26.3 Å². The van der Waals surface area contributed by atoms with Crippen molar-refractivity contribution in [1.29, 1.82) is 0 Å². The topological polar surface area (TPSA) is 62.2 Å². The van der Waals surface area contributed by atoms with E-state index in [0.29, 0.717) is 19.6 Å². The Labute approximate surface area is 250 Å². The normalized spacial score (nSPS) is 24.5. The van der Waals surface area contributed by atoms with E-state index >= 15 is 0 Å². The maximum atomic E-state index is 10.9. The van der Waals surface area contributed by atoms with Crippen LogP contribution in [0.5, 0.6) is 11.5 Å². The minimum atomic E-state index is -0.698. The van der Waals surface area contributed by atoms with Gasteiger partial charge in [-0.25, -0.2) is 0 Å². The van der Waals surface area contributed by atoms with Gasteiger partial charge in [-0.05, 0) is 116 Å². The Balaban J connectivity index is 1.19. The number of aliphatic hydroxyl groups excluding tert-OH is 2. The molecule has 5 heteroatoms. The first-order valence-corrected chi connectivity index (χ1v) is 16.2. The molecule has 0 amide bonds. The molecule has 2 heterocycles. The Bertz CT molecular complexity index is 1330.